The summed E-state index contributed by atoms with van der Waals surface area (Å²) in [5, 5.41) is 23.2. The Balaban J connectivity index is 1.70. The van der Waals surface area contributed by atoms with Crippen molar-refractivity contribution in [3.05, 3.63) is 89.7 Å². The Morgan fingerprint density at radius 1 is 1.00 bits per heavy atom. The van der Waals surface area contributed by atoms with E-state index in [9.17, 15) is 14.7 Å². The van der Waals surface area contributed by atoms with Crippen LogP contribution in [0.15, 0.2) is 73.1 Å². The minimum absolute atomic E-state index is 0.139. The van der Waals surface area contributed by atoms with Gasteiger partial charge in [-0.25, -0.2) is 4.79 Å². The summed E-state index contributed by atoms with van der Waals surface area (Å²) in [6.07, 6.45) is 2.66. The summed E-state index contributed by atoms with van der Waals surface area (Å²) in [6, 6.07) is 17.0. The summed E-state index contributed by atoms with van der Waals surface area (Å²) >= 11 is 0. The lowest BCUT2D eigenvalue weighted by Crippen LogP contribution is -2.49. The van der Waals surface area contributed by atoms with Crippen molar-refractivity contribution >= 4 is 11.9 Å². The van der Waals surface area contributed by atoms with E-state index in [0.29, 0.717) is 12.0 Å². The van der Waals surface area contributed by atoms with Gasteiger partial charge in [0, 0.05) is 24.0 Å². The zero-order valence-electron chi connectivity index (χ0n) is 20.4. The summed E-state index contributed by atoms with van der Waals surface area (Å²) < 4.78 is 5.56. The summed E-state index contributed by atoms with van der Waals surface area (Å²) in [6.45, 7) is 7.32. The Hall–Kier alpha value is -3.55. The number of nitrogens with one attached hydrogen (secondary N) is 1. The predicted molar refractivity (Wildman–Crippen MR) is 134 cm³/mol. The number of aromatic carboxylic acids is 1. The van der Waals surface area contributed by atoms with Gasteiger partial charge in [0.1, 0.15) is 17.7 Å². The molecule has 0 aliphatic rings. The lowest BCUT2D eigenvalue weighted by molar-refractivity contribution is -0.161. The number of carboxylic acid groups (broad SMARTS) is 1. The van der Waals surface area contributed by atoms with Gasteiger partial charge >= 0.3 is 11.9 Å². The van der Waals surface area contributed by atoms with Gasteiger partial charge in [-0.1, -0.05) is 42.5 Å². The maximum absolute atomic E-state index is 12.9. The van der Waals surface area contributed by atoms with E-state index < -0.39 is 29.7 Å². The molecular weight excluding hydrogens is 444 g/mol. The van der Waals surface area contributed by atoms with Crippen LogP contribution in [-0.4, -0.2) is 44.8 Å². The highest BCUT2D eigenvalue weighted by molar-refractivity contribution is 5.88. The Morgan fingerprint density at radius 3 is 2.11 bits per heavy atom. The van der Waals surface area contributed by atoms with Crippen LogP contribution in [-0.2, 0) is 16.0 Å². The fraction of sp³-hybridized carbons (Fsp3) is 0.321. The second kappa shape index (κ2) is 11.3. The van der Waals surface area contributed by atoms with E-state index in [2.05, 4.69) is 10.3 Å². The highest BCUT2D eigenvalue weighted by atomic mass is 16.6. The Kier molecular flexibility index (Phi) is 8.38. The normalized spacial score (nSPS) is 14.1. The average Bonchev–Trinajstić information content (AvgIpc) is 2.82. The molecule has 0 aliphatic carbocycles. The van der Waals surface area contributed by atoms with Crippen molar-refractivity contribution in [2.45, 2.75) is 57.9 Å². The van der Waals surface area contributed by atoms with Crippen LogP contribution in [0.3, 0.4) is 0 Å². The molecule has 3 rings (SSSR count). The van der Waals surface area contributed by atoms with Crippen LogP contribution in [0.4, 0.5) is 0 Å². The van der Waals surface area contributed by atoms with Crippen LogP contribution >= 0.6 is 0 Å². The zero-order chi connectivity index (χ0) is 25.6. The summed E-state index contributed by atoms with van der Waals surface area (Å²) in [7, 11) is 0. The van der Waals surface area contributed by atoms with Crippen molar-refractivity contribution < 1.29 is 24.5 Å². The van der Waals surface area contributed by atoms with Crippen LogP contribution in [0, 0.1) is 0 Å². The average molecular weight is 477 g/mol. The molecule has 2 aromatic carbocycles. The number of aromatic nitrogens is 1. The SMILES string of the molecule is C[C@H](Cc1ccc(-c2ccc(C(=O)O)cc2)cc1)NC(C(=O)OC(C)(C)C)[C@H](O)c1cccnc1. The summed E-state index contributed by atoms with van der Waals surface area (Å²) in [5.74, 6) is -1.48. The molecule has 0 radical (unpaired) electrons. The molecular formula is C28H32N2O5. The van der Waals surface area contributed by atoms with Gasteiger partial charge in [-0.2, -0.15) is 0 Å². The zero-order valence-corrected chi connectivity index (χ0v) is 20.4. The van der Waals surface area contributed by atoms with Gasteiger partial charge < -0.3 is 14.9 Å². The topological polar surface area (TPSA) is 109 Å². The van der Waals surface area contributed by atoms with Gasteiger partial charge in [-0.15, -0.1) is 0 Å². The lowest BCUT2D eigenvalue weighted by atomic mass is 9.98. The van der Waals surface area contributed by atoms with Gasteiger partial charge in [0.15, 0.2) is 0 Å². The fourth-order valence-corrected chi connectivity index (χ4v) is 3.75. The van der Waals surface area contributed by atoms with Crippen molar-refractivity contribution in [1.29, 1.82) is 0 Å². The summed E-state index contributed by atoms with van der Waals surface area (Å²) in [4.78, 5) is 28.0. The third-order valence-electron chi connectivity index (χ3n) is 5.43. The summed E-state index contributed by atoms with van der Waals surface area (Å²) in [5.41, 5.74) is 3.05. The number of benzene rings is 2. The first-order valence-corrected chi connectivity index (χ1v) is 11.5. The number of aliphatic hydroxyl groups excluding tert-OH is 1. The van der Waals surface area contributed by atoms with Crippen molar-refractivity contribution in [3.8, 4) is 11.1 Å². The number of carboxylic acids is 1. The Morgan fingerprint density at radius 2 is 1.60 bits per heavy atom. The molecule has 1 aromatic heterocycles. The number of nitrogens with zero attached hydrogens (tertiary/aromatic N) is 1. The molecule has 0 saturated heterocycles. The largest absolute Gasteiger partial charge is 0.478 e. The Bertz CT molecular complexity index is 1120. The van der Waals surface area contributed by atoms with Crippen molar-refractivity contribution in [1.82, 2.24) is 10.3 Å². The van der Waals surface area contributed by atoms with Crippen LogP contribution in [0.1, 0.15) is 55.3 Å². The van der Waals surface area contributed by atoms with Crippen LogP contribution in [0.25, 0.3) is 11.1 Å². The van der Waals surface area contributed by atoms with E-state index in [0.717, 1.165) is 16.7 Å². The number of esters is 1. The first-order chi connectivity index (χ1) is 16.5. The monoisotopic (exact) mass is 476 g/mol. The molecule has 0 fully saturated rings. The van der Waals surface area contributed by atoms with Crippen molar-refractivity contribution in [2.75, 3.05) is 0 Å². The van der Waals surface area contributed by atoms with Crippen LogP contribution < -0.4 is 5.32 Å². The number of hydrogen-bond acceptors (Lipinski definition) is 6. The number of aliphatic hydroxyl groups is 1. The van der Waals surface area contributed by atoms with Crippen LogP contribution in [0.5, 0.6) is 0 Å². The molecule has 7 nitrogen and oxygen atoms in total. The standard InChI is InChI=1S/C28H32N2O5/c1-18(16-19-7-9-20(10-8-19)21-11-13-22(14-12-21)26(32)33)30-24(27(34)35-28(2,3)4)25(31)23-6-5-15-29-17-23/h5-15,17-18,24-25,30-31H,16H2,1-4H3,(H,32,33)/t18-,24?,25-/m1/s1. The van der Waals surface area contributed by atoms with Gasteiger partial charge in [0.05, 0.1) is 5.56 Å². The maximum Gasteiger partial charge on any atom is 0.335 e. The molecule has 3 N–H and O–H groups in total. The quantitative estimate of drug-likeness (QED) is 0.393. The fourth-order valence-electron chi connectivity index (χ4n) is 3.75. The first-order valence-electron chi connectivity index (χ1n) is 11.5. The van der Waals surface area contributed by atoms with Gasteiger partial charge in [0.2, 0.25) is 0 Å². The number of carbonyl (C=O) groups is 2. The molecule has 0 aliphatic heterocycles. The molecule has 35 heavy (non-hydrogen) atoms. The number of carbonyl (C=O) groups excluding carboxylic acids is 1. The maximum atomic E-state index is 12.9. The highest BCUT2D eigenvalue weighted by Crippen LogP contribution is 2.23. The number of rotatable bonds is 9. The first kappa shape index (κ1) is 26.1. The molecule has 7 heteroatoms. The van der Waals surface area contributed by atoms with Crippen LogP contribution in [0.2, 0.25) is 0 Å². The molecule has 0 bridgehead atoms. The van der Waals surface area contributed by atoms with E-state index >= 15 is 0 Å². The van der Waals surface area contributed by atoms with E-state index in [1.807, 2.05) is 31.2 Å². The van der Waals surface area contributed by atoms with Gasteiger partial charge in [0.25, 0.3) is 0 Å². The minimum Gasteiger partial charge on any atom is -0.478 e. The van der Waals surface area contributed by atoms with E-state index in [1.165, 1.54) is 6.20 Å². The highest BCUT2D eigenvalue weighted by Gasteiger charge is 2.33. The second-order valence-electron chi connectivity index (χ2n) is 9.59. The third kappa shape index (κ3) is 7.47. The number of hydrogen-bond donors (Lipinski definition) is 3. The lowest BCUT2D eigenvalue weighted by Gasteiger charge is -2.29. The minimum atomic E-state index is -1.11. The Labute approximate surface area is 205 Å². The second-order valence-corrected chi connectivity index (χ2v) is 9.59. The molecule has 3 atom stereocenters. The number of pyridine rings is 1. The van der Waals surface area contributed by atoms with E-state index in [4.69, 9.17) is 9.84 Å². The third-order valence-corrected chi connectivity index (χ3v) is 5.43. The van der Waals surface area contributed by atoms with Crippen molar-refractivity contribution in [3.63, 3.8) is 0 Å². The number of ether oxygens (including phenoxy) is 1. The molecule has 0 spiro atoms. The predicted octanol–water partition coefficient (Wildman–Crippen LogP) is 4.41. The van der Waals surface area contributed by atoms with E-state index in [1.54, 1.807) is 63.4 Å². The smallest absolute Gasteiger partial charge is 0.335 e. The van der Waals surface area contributed by atoms with Gasteiger partial charge in [-0.3, -0.25) is 15.1 Å². The molecule has 0 saturated carbocycles. The van der Waals surface area contributed by atoms with E-state index in [-0.39, 0.29) is 11.6 Å². The molecule has 1 heterocycles. The molecule has 1 unspecified atom stereocenters. The van der Waals surface area contributed by atoms with Gasteiger partial charge in [-0.05, 0) is 69.0 Å². The molecule has 3 aromatic rings. The van der Waals surface area contributed by atoms with Crippen molar-refractivity contribution in [2.24, 2.45) is 0 Å². The molecule has 184 valence electrons. The molecule has 0 amide bonds.